The van der Waals surface area contributed by atoms with Crippen LogP contribution in [0.1, 0.15) is 49.4 Å². The van der Waals surface area contributed by atoms with Gasteiger partial charge in [-0.15, -0.1) is 11.3 Å². The monoisotopic (exact) mass is 228 g/mol. The maximum absolute atomic E-state index is 10.4. The third-order valence-corrected chi connectivity index (χ3v) is 3.25. The first-order valence-electron chi connectivity index (χ1n) is 4.93. The van der Waals surface area contributed by atoms with Crippen molar-refractivity contribution < 1.29 is 9.90 Å². The summed E-state index contributed by atoms with van der Waals surface area (Å²) in [6.45, 7) is 4.15. The van der Waals surface area contributed by atoms with Crippen LogP contribution in [0.5, 0.6) is 0 Å². The van der Waals surface area contributed by atoms with Gasteiger partial charge in [-0.2, -0.15) is 0 Å². The van der Waals surface area contributed by atoms with Gasteiger partial charge >= 0.3 is 5.97 Å². The van der Waals surface area contributed by atoms with Crippen molar-refractivity contribution in [2.45, 2.75) is 38.6 Å². The smallest absolute Gasteiger partial charge is 0.303 e. The first kappa shape index (κ1) is 12.1. The van der Waals surface area contributed by atoms with Gasteiger partial charge in [0.2, 0.25) is 0 Å². The maximum Gasteiger partial charge on any atom is 0.303 e. The average molecular weight is 228 g/mol. The first-order valence-corrected chi connectivity index (χ1v) is 5.81. The number of nitrogens with two attached hydrogens (primary N) is 1. The van der Waals surface area contributed by atoms with E-state index in [1.165, 1.54) is 0 Å². The third kappa shape index (κ3) is 3.60. The number of carbonyl (C=O) groups is 1. The molecule has 0 fully saturated rings. The molecule has 0 aliphatic heterocycles. The van der Waals surface area contributed by atoms with Gasteiger partial charge in [-0.25, -0.2) is 4.98 Å². The number of nitrogens with zero attached hydrogens (tertiary/aromatic N) is 1. The molecule has 1 heterocycles. The predicted molar refractivity (Wildman–Crippen MR) is 60.0 cm³/mol. The van der Waals surface area contributed by atoms with Crippen LogP contribution in [0.15, 0.2) is 5.38 Å². The van der Waals surface area contributed by atoms with Gasteiger partial charge in [-0.1, -0.05) is 13.8 Å². The van der Waals surface area contributed by atoms with E-state index >= 15 is 0 Å². The summed E-state index contributed by atoms with van der Waals surface area (Å²) in [6.07, 6.45) is 0.534. The van der Waals surface area contributed by atoms with E-state index in [1.54, 1.807) is 11.3 Å². The van der Waals surface area contributed by atoms with Crippen LogP contribution in [0.2, 0.25) is 0 Å². The standard InChI is InChI=1S/C10H16N2O2S/c1-6(2)10-12-8(5-15-10)7(11)3-4-9(13)14/h5-7H,3-4,11H2,1-2H3,(H,13,14). The molecule has 1 aromatic rings. The van der Waals surface area contributed by atoms with Crippen LogP contribution in [0.4, 0.5) is 0 Å². The highest BCUT2D eigenvalue weighted by Gasteiger charge is 2.13. The van der Waals surface area contributed by atoms with E-state index in [0.29, 0.717) is 12.3 Å². The molecule has 0 aliphatic carbocycles. The average Bonchev–Trinajstić information content (AvgIpc) is 2.62. The van der Waals surface area contributed by atoms with Gasteiger partial charge < -0.3 is 10.8 Å². The summed E-state index contributed by atoms with van der Waals surface area (Å²) in [5, 5.41) is 11.5. The lowest BCUT2D eigenvalue weighted by atomic mass is 10.1. The van der Waals surface area contributed by atoms with E-state index in [9.17, 15) is 4.79 Å². The number of thiazole rings is 1. The Morgan fingerprint density at radius 3 is 2.80 bits per heavy atom. The van der Waals surface area contributed by atoms with Crippen LogP contribution in [-0.4, -0.2) is 16.1 Å². The third-order valence-electron chi connectivity index (χ3n) is 2.08. The highest BCUT2D eigenvalue weighted by molar-refractivity contribution is 7.09. The van der Waals surface area contributed by atoms with Crippen LogP contribution in [-0.2, 0) is 4.79 Å². The Kier molecular flexibility index (Phi) is 4.23. The molecule has 0 aliphatic rings. The molecule has 0 amide bonds. The van der Waals surface area contributed by atoms with Crippen molar-refractivity contribution >= 4 is 17.3 Å². The molecule has 15 heavy (non-hydrogen) atoms. The fraction of sp³-hybridized carbons (Fsp3) is 0.600. The second kappa shape index (κ2) is 5.23. The maximum atomic E-state index is 10.4. The molecule has 0 spiro atoms. The summed E-state index contributed by atoms with van der Waals surface area (Å²) in [4.78, 5) is 14.8. The van der Waals surface area contributed by atoms with Crippen molar-refractivity contribution in [2.75, 3.05) is 0 Å². The van der Waals surface area contributed by atoms with Gasteiger partial charge in [-0.05, 0) is 6.42 Å². The van der Waals surface area contributed by atoms with Crippen LogP contribution >= 0.6 is 11.3 Å². The van der Waals surface area contributed by atoms with Gasteiger partial charge in [-0.3, -0.25) is 4.79 Å². The second-order valence-electron chi connectivity index (χ2n) is 3.80. The molecule has 1 atom stereocenters. The van der Waals surface area contributed by atoms with Crippen molar-refractivity contribution in [1.29, 1.82) is 0 Å². The molecule has 0 bridgehead atoms. The number of aliphatic carboxylic acids is 1. The first-order chi connectivity index (χ1) is 7.00. The fourth-order valence-electron chi connectivity index (χ4n) is 1.16. The number of carboxylic acids is 1. The number of hydrogen-bond donors (Lipinski definition) is 2. The highest BCUT2D eigenvalue weighted by atomic mass is 32.1. The van der Waals surface area contributed by atoms with Crippen LogP contribution in [0.25, 0.3) is 0 Å². The molecule has 4 nitrogen and oxygen atoms in total. The molecule has 1 aromatic heterocycles. The summed E-state index contributed by atoms with van der Waals surface area (Å²) < 4.78 is 0. The quantitative estimate of drug-likeness (QED) is 0.809. The van der Waals surface area contributed by atoms with Gasteiger partial charge in [0.1, 0.15) is 0 Å². The van der Waals surface area contributed by atoms with Crippen molar-refractivity contribution in [3.05, 3.63) is 16.1 Å². The molecule has 0 saturated heterocycles. The Labute approximate surface area is 93.1 Å². The molecular weight excluding hydrogens is 212 g/mol. The zero-order chi connectivity index (χ0) is 11.4. The van der Waals surface area contributed by atoms with Crippen LogP contribution in [0, 0.1) is 0 Å². The summed E-state index contributed by atoms with van der Waals surface area (Å²) in [7, 11) is 0. The lowest BCUT2D eigenvalue weighted by molar-refractivity contribution is -0.137. The number of hydrogen-bond acceptors (Lipinski definition) is 4. The molecule has 0 saturated carbocycles. The van der Waals surface area contributed by atoms with E-state index in [2.05, 4.69) is 18.8 Å². The Hall–Kier alpha value is -0.940. The Bertz CT molecular complexity index is 336. The lowest BCUT2D eigenvalue weighted by Crippen LogP contribution is -2.12. The molecule has 0 radical (unpaired) electrons. The van der Waals surface area contributed by atoms with Crippen molar-refractivity contribution in [1.82, 2.24) is 4.98 Å². The normalized spacial score (nSPS) is 13.1. The minimum atomic E-state index is -0.815. The predicted octanol–water partition coefficient (Wildman–Crippen LogP) is 2.13. The topological polar surface area (TPSA) is 76.2 Å². The zero-order valence-electron chi connectivity index (χ0n) is 8.93. The lowest BCUT2D eigenvalue weighted by Gasteiger charge is -2.06. The Balaban J connectivity index is 2.57. The SMILES string of the molecule is CC(C)c1nc(C(N)CCC(=O)O)cs1. The van der Waals surface area contributed by atoms with E-state index in [-0.39, 0.29) is 12.5 Å². The largest absolute Gasteiger partial charge is 0.481 e. The highest BCUT2D eigenvalue weighted by Crippen LogP contribution is 2.23. The minimum absolute atomic E-state index is 0.0930. The van der Waals surface area contributed by atoms with Crippen molar-refractivity contribution in [2.24, 2.45) is 5.73 Å². The molecule has 1 unspecified atom stereocenters. The van der Waals surface area contributed by atoms with E-state index in [0.717, 1.165) is 10.7 Å². The summed E-state index contributed by atoms with van der Waals surface area (Å²) >= 11 is 1.58. The number of aromatic nitrogens is 1. The Morgan fingerprint density at radius 1 is 1.67 bits per heavy atom. The molecular formula is C10H16N2O2S. The fourth-order valence-corrected chi connectivity index (χ4v) is 2.06. The van der Waals surface area contributed by atoms with Crippen molar-refractivity contribution in [3.63, 3.8) is 0 Å². The molecule has 3 N–H and O–H groups in total. The zero-order valence-corrected chi connectivity index (χ0v) is 9.75. The van der Waals surface area contributed by atoms with Gasteiger partial charge in [0, 0.05) is 23.8 Å². The molecule has 5 heteroatoms. The van der Waals surface area contributed by atoms with E-state index in [1.807, 2.05) is 5.38 Å². The van der Waals surface area contributed by atoms with Crippen LogP contribution < -0.4 is 5.73 Å². The number of rotatable bonds is 5. The van der Waals surface area contributed by atoms with E-state index < -0.39 is 5.97 Å². The Morgan fingerprint density at radius 2 is 2.33 bits per heavy atom. The van der Waals surface area contributed by atoms with Gasteiger partial charge in [0.15, 0.2) is 0 Å². The minimum Gasteiger partial charge on any atom is -0.481 e. The van der Waals surface area contributed by atoms with Gasteiger partial charge in [0.05, 0.1) is 10.7 Å². The second-order valence-corrected chi connectivity index (χ2v) is 4.69. The molecule has 84 valence electrons. The van der Waals surface area contributed by atoms with Crippen LogP contribution in [0.3, 0.4) is 0 Å². The van der Waals surface area contributed by atoms with Crippen molar-refractivity contribution in [3.8, 4) is 0 Å². The summed E-state index contributed by atoms with van der Waals surface area (Å²) in [5.41, 5.74) is 6.65. The summed E-state index contributed by atoms with van der Waals surface area (Å²) in [6, 6.07) is -0.259. The number of carboxylic acid groups (broad SMARTS) is 1. The molecule has 0 aromatic carbocycles. The summed E-state index contributed by atoms with van der Waals surface area (Å²) in [5.74, 6) is -0.416. The van der Waals surface area contributed by atoms with E-state index in [4.69, 9.17) is 10.8 Å². The molecule has 1 rings (SSSR count). The van der Waals surface area contributed by atoms with Gasteiger partial charge in [0.25, 0.3) is 0 Å².